The Morgan fingerprint density at radius 3 is 2.93 bits per heavy atom. The van der Waals surface area contributed by atoms with Crippen molar-refractivity contribution in [2.45, 2.75) is 6.54 Å². The number of nitrogens with zero attached hydrogens (tertiary/aromatic N) is 1. The molecule has 1 heterocycles. The quantitative estimate of drug-likeness (QED) is 0.561. The molecule has 0 radical (unpaired) electrons. The molecule has 0 aromatic carbocycles. The predicted octanol–water partition coefficient (Wildman–Crippen LogP) is 0.830. The standard InChI is InChI=1S/C7H8N2O4S/c10-7(11)3-8-2-5-1-6(9(12)13)14-4-5/h1,4,8H,2-3H2,(H,10,11). The van der Waals surface area contributed by atoms with E-state index in [1.54, 1.807) is 5.38 Å². The number of rotatable bonds is 5. The first-order valence-electron chi connectivity index (χ1n) is 3.74. The van der Waals surface area contributed by atoms with Gasteiger partial charge in [-0.2, -0.15) is 0 Å². The Kier molecular flexibility index (Phi) is 3.55. The Balaban J connectivity index is 2.44. The zero-order valence-electron chi connectivity index (χ0n) is 7.10. The van der Waals surface area contributed by atoms with Gasteiger partial charge in [-0.3, -0.25) is 14.9 Å². The maximum absolute atomic E-state index is 10.3. The van der Waals surface area contributed by atoms with E-state index >= 15 is 0 Å². The highest BCUT2D eigenvalue weighted by Crippen LogP contribution is 2.22. The molecule has 0 aliphatic rings. The van der Waals surface area contributed by atoms with Crippen LogP contribution in [0.5, 0.6) is 0 Å². The van der Waals surface area contributed by atoms with Crippen molar-refractivity contribution in [3.05, 3.63) is 27.1 Å². The van der Waals surface area contributed by atoms with Crippen molar-refractivity contribution in [3.63, 3.8) is 0 Å². The Morgan fingerprint density at radius 1 is 1.71 bits per heavy atom. The van der Waals surface area contributed by atoms with Crippen LogP contribution in [-0.2, 0) is 11.3 Å². The molecule has 0 saturated heterocycles. The molecule has 0 spiro atoms. The summed E-state index contributed by atoms with van der Waals surface area (Å²) < 4.78 is 0. The molecule has 76 valence electrons. The number of carboxylic acid groups (broad SMARTS) is 1. The van der Waals surface area contributed by atoms with Crippen LogP contribution in [0.15, 0.2) is 11.4 Å². The molecule has 0 unspecified atom stereocenters. The molecule has 1 rings (SSSR count). The van der Waals surface area contributed by atoms with Crippen LogP contribution in [0.3, 0.4) is 0 Å². The minimum absolute atomic E-state index is 0.0668. The first-order valence-corrected chi connectivity index (χ1v) is 4.62. The van der Waals surface area contributed by atoms with Gasteiger partial charge in [-0.1, -0.05) is 11.3 Å². The van der Waals surface area contributed by atoms with Gasteiger partial charge in [0.05, 0.1) is 11.5 Å². The summed E-state index contributed by atoms with van der Waals surface area (Å²) in [6.45, 7) is 0.181. The van der Waals surface area contributed by atoms with Crippen LogP contribution in [-0.4, -0.2) is 22.5 Å². The second-order valence-corrected chi connectivity index (χ2v) is 3.44. The lowest BCUT2D eigenvalue weighted by atomic mass is 10.3. The van der Waals surface area contributed by atoms with Crippen molar-refractivity contribution in [3.8, 4) is 0 Å². The molecule has 0 saturated carbocycles. The van der Waals surface area contributed by atoms with Crippen molar-refractivity contribution < 1.29 is 14.8 Å². The zero-order valence-corrected chi connectivity index (χ0v) is 7.91. The summed E-state index contributed by atoms with van der Waals surface area (Å²) in [5.41, 5.74) is 0.725. The Morgan fingerprint density at radius 2 is 2.43 bits per heavy atom. The molecule has 0 aliphatic heterocycles. The van der Waals surface area contributed by atoms with E-state index in [0.717, 1.165) is 16.9 Å². The molecule has 0 bridgehead atoms. The third kappa shape index (κ3) is 3.11. The molecule has 0 fully saturated rings. The SMILES string of the molecule is O=C(O)CNCc1csc([N+](=O)[O-])c1. The number of nitro groups is 1. The first-order chi connectivity index (χ1) is 6.59. The Hall–Kier alpha value is -1.47. The Bertz CT molecular complexity index is 349. The average molecular weight is 216 g/mol. The fourth-order valence-corrected chi connectivity index (χ4v) is 1.59. The topological polar surface area (TPSA) is 92.5 Å². The van der Waals surface area contributed by atoms with Crippen LogP contribution in [0.1, 0.15) is 5.56 Å². The summed E-state index contributed by atoms with van der Waals surface area (Å²) in [4.78, 5) is 20.0. The number of aliphatic carboxylic acids is 1. The van der Waals surface area contributed by atoms with Crippen molar-refractivity contribution >= 4 is 22.3 Å². The van der Waals surface area contributed by atoms with Gasteiger partial charge in [0, 0.05) is 18.0 Å². The summed E-state index contributed by atoms with van der Waals surface area (Å²) in [5, 5.41) is 23.0. The van der Waals surface area contributed by atoms with E-state index in [4.69, 9.17) is 5.11 Å². The highest BCUT2D eigenvalue weighted by molar-refractivity contribution is 7.13. The van der Waals surface area contributed by atoms with E-state index in [2.05, 4.69) is 5.32 Å². The molecule has 7 heteroatoms. The molecular formula is C7H8N2O4S. The molecule has 1 aromatic heterocycles. The monoisotopic (exact) mass is 216 g/mol. The number of hydrogen-bond donors (Lipinski definition) is 2. The van der Waals surface area contributed by atoms with Gasteiger partial charge in [0.1, 0.15) is 0 Å². The van der Waals surface area contributed by atoms with Crippen LogP contribution < -0.4 is 5.32 Å². The first kappa shape index (κ1) is 10.6. The second-order valence-electron chi connectivity index (χ2n) is 2.55. The number of carbonyl (C=O) groups is 1. The van der Waals surface area contributed by atoms with Gasteiger partial charge >= 0.3 is 11.0 Å². The highest BCUT2D eigenvalue weighted by atomic mass is 32.1. The molecule has 1 aromatic rings. The Labute approximate surface area is 83.3 Å². The summed E-state index contributed by atoms with van der Waals surface area (Å²) >= 11 is 1.03. The third-order valence-electron chi connectivity index (χ3n) is 1.43. The minimum atomic E-state index is -0.949. The van der Waals surface area contributed by atoms with Gasteiger partial charge in [-0.05, 0) is 5.56 Å². The van der Waals surface area contributed by atoms with Gasteiger partial charge in [-0.25, -0.2) is 0 Å². The fourth-order valence-electron chi connectivity index (χ4n) is 0.865. The maximum Gasteiger partial charge on any atom is 0.324 e. The van der Waals surface area contributed by atoms with E-state index in [0.29, 0.717) is 6.54 Å². The number of nitrogens with one attached hydrogen (secondary N) is 1. The smallest absolute Gasteiger partial charge is 0.324 e. The summed E-state index contributed by atoms with van der Waals surface area (Å²) in [7, 11) is 0. The van der Waals surface area contributed by atoms with E-state index in [1.807, 2.05) is 0 Å². The number of thiophene rings is 1. The van der Waals surface area contributed by atoms with Crippen LogP contribution in [0.2, 0.25) is 0 Å². The van der Waals surface area contributed by atoms with Crippen LogP contribution in [0, 0.1) is 10.1 Å². The average Bonchev–Trinajstić information content (AvgIpc) is 2.52. The third-order valence-corrected chi connectivity index (χ3v) is 2.35. The van der Waals surface area contributed by atoms with E-state index in [1.165, 1.54) is 6.07 Å². The summed E-state index contributed by atoms with van der Waals surface area (Å²) in [6, 6.07) is 1.43. The van der Waals surface area contributed by atoms with Crippen molar-refractivity contribution in [2.24, 2.45) is 0 Å². The lowest BCUT2D eigenvalue weighted by Crippen LogP contribution is -2.21. The predicted molar refractivity (Wildman–Crippen MR) is 50.3 cm³/mol. The number of hydrogen-bond acceptors (Lipinski definition) is 5. The highest BCUT2D eigenvalue weighted by Gasteiger charge is 2.09. The van der Waals surface area contributed by atoms with Crippen LogP contribution in [0.25, 0.3) is 0 Å². The van der Waals surface area contributed by atoms with E-state index < -0.39 is 10.9 Å². The van der Waals surface area contributed by atoms with Crippen LogP contribution >= 0.6 is 11.3 Å². The molecule has 6 nitrogen and oxygen atoms in total. The van der Waals surface area contributed by atoms with E-state index in [9.17, 15) is 14.9 Å². The molecule has 0 aliphatic carbocycles. The van der Waals surface area contributed by atoms with Crippen molar-refractivity contribution in [1.29, 1.82) is 0 Å². The fraction of sp³-hybridized carbons (Fsp3) is 0.286. The van der Waals surface area contributed by atoms with Gasteiger partial charge in [0.2, 0.25) is 0 Å². The molecule has 0 amide bonds. The normalized spacial score (nSPS) is 10.0. The summed E-state index contributed by atoms with van der Waals surface area (Å²) in [6.07, 6.45) is 0. The molecule has 2 N–H and O–H groups in total. The maximum atomic E-state index is 10.3. The second kappa shape index (κ2) is 4.68. The van der Waals surface area contributed by atoms with E-state index in [-0.39, 0.29) is 11.5 Å². The minimum Gasteiger partial charge on any atom is -0.480 e. The lowest BCUT2D eigenvalue weighted by molar-refractivity contribution is -0.380. The lowest BCUT2D eigenvalue weighted by Gasteiger charge is -1.96. The van der Waals surface area contributed by atoms with Crippen LogP contribution in [0.4, 0.5) is 5.00 Å². The van der Waals surface area contributed by atoms with Gasteiger partial charge in [-0.15, -0.1) is 0 Å². The zero-order chi connectivity index (χ0) is 10.6. The van der Waals surface area contributed by atoms with Crippen molar-refractivity contribution in [1.82, 2.24) is 5.32 Å². The van der Waals surface area contributed by atoms with Gasteiger partial charge < -0.3 is 10.4 Å². The summed E-state index contributed by atoms with van der Waals surface area (Å²) in [5.74, 6) is -0.949. The number of carboxylic acids is 1. The molecule has 0 atom stereocenters. The molecular weight excluding hydrogens is 208 g/mol. The van der Waals surface area contributed by atoms with Gasteiger partial charge in [0.15, 0.2) is 0 Å². The van der Waals surface area contributed by atoms with Gasteiger partial charge in [0.25, 0.3) is 0 Å². The molecule has 14 heavy (non-hydrogen) atoms. The van der Waals surface area contributed by atoms with Crippen molar-refractivity contribution in [2.75, 3.05) is 6.54 Å². The largest absolute Gasteiger partial charge is 0.480 e.